The number of benzene rings is 1. The second-order valence-electron chi connectivity index (χ2n) is 3.68. The first-order chi connectivity index (χ1) is 8.15. The lowest BCUT2D eigenvalue weighted by molar-refractivity contribution is -0.150. The number of carbonyl (C=O) groups is 2. The summed E-state index contributed by atoms with van der Waals surface area (Å²) in [6, 6.07) is 6.53. The molecule has 0 saturated carbocycles. The van der Waals surface area contributed by atoms with Crippen molar-refractivity contribution >= 4 is 12.3 Å². The first-order valence-electron chi connectivity index (χ1n) is 5.53. The van der Waals surface area contributed by atoms with Crippen LogP contribution in [0.5, 0.6) is 5.75 Å². The summed E-state index contributed by atoms with van der Waals surface area (Å²) in [6.45, 7) is 3.65. The van der Waals surface area contributed by atoms with Crippen molar-refractivity contribution in [1.29, 1.82) is 0 Å². The van der Waals surface area contributed by atoms with Crippen LogP contribution in [0.2, 0.25) is 0 Å². The van der Waals surface area contributed by atoms with Gasteiger partial charge in [0.2, 0.25) is 0 Å². The van der Waals surface area contributed by atoms with Crippen LogP contribution in [0.25, 0.3) is 0 Å². The maximum atomic E-state index is 11.3. The van der Waals surface area contributed by atoms with Gasteiger partial charge in [-0.05, 0) is 37.6 Å². The van der Waals surface area contributed by atoms with E-state index < -0.39 is 0 Å². The predicted molar refractivity (Wildman–Crippen MR) is 63.2 cm³/mol. The molecule has 1 atom stereocenters. The van der Waals surface area contributed by atoms with Crippen LogP contribution in [0.4, 0.5) is 0 Å². The van der Waals surface area contributed by atoms with Gasteiger partial charge in [0.25, 0.3) is 0 Å². The van der Waals surface area contributed by atoms with Crippen LogP contribution >= 0.6 is 0 Å². The SMILES string of the molecule is CCC(C)OC(=O)COc1ccc(C=O)cc1. The fourth-order valence-electron chi connectivity index (χ4n) is 1.13. The second kappa shape index (κ2) is 6.68. The van der Waals surface area contributed by atoms with Crippen LogP contribution in [-0.2, 0) is 9.53 Å². The van der Waals surface area contributed by atoms with Gasteiger partial charge in [0.15, 0.2) is 6.61 Å². The Hall–Kier alpha value is -1.84. The normalized spacial score (nSPS) is 11.6. The van der Waals surface area contributed by atoms with E-state index in [2.05, 4.69) is 0 Å². The first-order valence-corrected chi connectivity index (χ1v) is 5.53. The number of aldehydes is 1. The Labute approximate surface area is 101 Å². The highest BCUT2D eigenvalue weighted by atomic mass is 16.6. The molecule has 0 aromatic heterocycles. The van der Waals surface area contributed by atoms with Gasteiger partial charge >= 0.3 is 5.97 Å². The predicted octanol–water partition coefficient (Wildman–Crippen LogP) is 2.22. The molecule has 1 aromatic carbocycles. The zero-order valence-corrected chi connectivity index (χ0v) is 10.0. The van der Waals surface area contributed by atoms with Gasteiger partial charge in [0, 0.05) is 5.56 Å². The summed E-state index contributed by atoms with van der Waals surface area (Å²) >= 11 is 0. The Morgan fingerprint density at radius 1 is 1.35 bits per heavy atom. The van der Waals surface area contributed by atoms with Crippen LogP contribution in [0.3, 0.4) is 0 Å². The Bertz CT molecular complexity index is 370. The fraction of sp³-hybridized carbons (Fsp3) is 0.385. The fourth-order valence-corrected chi connectivity index (χ4v) is 1.13. The summed E-state index contributed by atoms with van der Waals surface area (Å²) in [6.07, 6.45) is 1.43. The van der Waals surface area contributed by atoms with E-state index in [0.717, 1.165) is 12.7 Å². The highest BCUT2D eigenvalue weighted by Crippen LogP contribution is 2.11. The van der Waals surface area contributed by atoms with E-state index in [0.29, 0.717) is 11.3 Å². The highest BCUT2D eigenvalue weighted by Gasteiger charge is 2.08. The van der Waals surface area contributed by atoms with Gasteiger partial charge in [-0.2, -0.15) is 0 Å². The lowest BCUT2D eigenvalue weighted by Gasteiger charge is -2.11. The van der Waals surface area contributed by atoms with Crippen LogP contribution in [0, 0.1) is 0 Å². The molecular weight excluding hydrogens is 220 g/mol. The van der Waals surface area contributed by atoms with Crippen molar-refractivity contribution in [2.75, 3.05) is 6.61 Å². The van der Waals surface area contributed by atoms with Crippen LogP contribution in [0.1, 0.15) is 30.6 Å². The molecule has 1 rings (SSSR count). The molecule has 1 aromatic rings. The number of carbonyl (C=O) groups excluding carboxylic acids is 2. The largest absolute Gasteiger partial charge is 0.482 e. The van der Waals surface area contributed by atoms with Gasteiger partial charge in [0.05, 0.1) is 6.10 Å². The van der Waals surface area contributed by atoms with E-state index in [1.165, 1.54) is 0 Å². The molecule has 17 heavy (non-hydrogen) atoms. The molecule has 0 amide bonds. The average Bonchev–Trinajstić information content (AvgIpc) is 2.36. The molecule has 0 N–H and O–H groups in total. The molecule has 0 saturated heterocycles. The third-order valence-electron chi connectivity index (χ3n) is 2.28. The van der Waals surface area contributed by atoms with Crippen LogP contribution < -0.4 is 4.74 Å². The molecule has 92 valence electrons. The lowest BCUT2D eigenvalue weighted by Crippen LogP contribution is -2.20. The quantitative estimate of drug-likeness (QED) is 0.561. The molecule has 0 aliphatic rings. The van der Waals surface area contributed by atoms with Crippen molar-refractivity contribution in [2.45, 2.75) is 26.4 Å². The average molecular weight is 236 g/mol. The van der Waals surface area contributed by atoms with Gasteiger partial charge in [-0.25, -0.2) is 4.79 Å². The Morgan fingerprint density at radius 2 is 2.00 bits per heavy atom. The third kappa shape index (κ3) is 4.68. The zero-order valence-electron chi connectivity index (χ0n) is 10.0. The van der Waals surface area contributed by atoms with Gasteiger partial charge < -0.3 is 9.47 Å². The second-order valence-corrected chi connectivity index (χ2v) is 3.68. The number of hydrogen-bond acceptors (Lipinski definition) is 4. The number of ether oxygens (including phenoxy) is 2. The molecule has 4 nitrogen and oxygen atoms in total. The van der Waals surface area contributed by atoms with E-state index >= 15 is 0 Å². The van der Waals surface area contributed by atoms with Crippen molar-refractivity contribution in [2.24, 2.45) is 0 Å². The van der Waals surface area contributed by atoms with Gasteiger partial charge in [0.1, 0.15) is 12.0 Å². The smallest absolute Gasteiger partial charge is 0.344 e. The van der Waals surface area contributed by atoms with Crippen molar-refractivity contribution < 1.29 is 19.1 Å². The molecule has 0 spiro atoms. The van der Waals surface area contributed by atoms with E-state index in [1.54, 1.807) is 24.3 Å². The summed E-state index contributed by atoms with van der Waals surface area (Å²) in [7, 11) is 0. The number of hydrogen-bond donors (Lipinski definition) is 0. The standard InChI is InChI=1S/C13H16O4/c1-3-10(2)17-13(15)9-16-12-6-4-11(8-14)5-7-12/h4-8,10H,3,9H2,1-2H3. The summed E-state index contributed by atoms with van der Waals surface area (Å²) in [4.78, 5) is 21.7. The molecule has 4 heteroatoms. The molecule has 0 heterocycles. The maximum absolute atomic E-state index is 11.3. The maximum Gasteiger partial charge on any atom is 0.344 e. The topological polar surface area (TPSA) is 52.6 Å². The molecule has 0 aliphatic heterocycles. The Kier molecular flexibility index (Phi) is 5.20. The molecule has 1 unspecified atom stereocenters. The Balaban J connectivity index is 2.39. The van der Waals surface area contributed by atoms with Crippen molar-refractivity contribution in [3.05, 3.63) is 29.8 Å². The summed E-state index contributed by atoms with van der Waals surface area (Å²) in [5, 5.41) is 0. The zero-order chi connectivity index (χ0) is 12.7. The van der Waals surface area contributed by atoms with Crippen molar-refractivity contribution in [1.82, 2.24) is 0 Å². The van der Waals surface area contributed by atoms with E-state index in [1.807, 2.05) is 13.8 Å². The molecule has 0 aliphatic carbocycles. The molecule has 0 fully saturated rings. The van der Waals surface area contributed by atoms with Gasteiger partial charge in [-0.3, -0.25) is 4.79 Å². The highest BCUT2D eigenvalue weighted by molar-refractivity contribution is 5.75. The molecule has 0 bridgehead atoms. The monoisotopic (exact) mass is 236 g/mol. The summed E-state index contributed by atoms with van der Waals surface area (Å²) in [5.41, 5.74) is 0.569. The van der Waals surface area contributed by atoms with E-state index in [4.69, 9.17) is 9.47 Å². The number of esters is 1. The van der Waals surface area contributed by atoms with Crippen molar-refractivity contribution in [3.8, 4) is 5.75 Å². The third-order valence-corrected chi connectivity index (χ3v) is 2.28. The number of rotatable bonds is 6. The minimum Gasteiger partial charge on any atom is -0.482 e. The van der Waals surface area contributed by atoms with Gasteiger partial charge in [-0.15, -0.1) is 0 Å². The minimum absolute atomic E-state index is 0.0939. The van der Waals surface area contributed by atoms with E-state index in [9.17, 15) is 9.59 Å². The van der Waals surface area contributed by atoms with E-state index in [-0.39, 0.29) is 18.7 Å². The summed E-state index contributed by atoms with van der Waals surface area (Å²) in [5.74, 6) is 0.149. The molecular formula is C13H16O4. The summed E-state index contributed by atoms with van der Waals surface area (Å²) < 4.78 is 10.3. The van der Waals surface area contributed by atoms with Gasteiger partial charge in [-0.1, -0.05) is 6.92 Å². The Morgan fingerprint density at radius 3 is 2.53 bits per heavy atom. The first kappa shape index (κ1) is 13.2. The van der Waals surface area contributed by atoms with Crippen molar-refractivity contribution in [3.63, 3.8) is 0 Å². The minimum atomic E-state index is -0.390. The van der Waals surface area contributed by atoms with Crippen LogP contribution in [-0.4, -0.2) is 25.0 Å². The molecule has 0 radical (unpaired) electrons. The lowest BCUT2D eigenvalue weighted by atomic mass is 10.2. The van der Waals surface area contributed by atoms with Crippen LogP contribution in [0.15, 0.2) is 24.3 Å².